The summed E-state index contributed by atoms with van der Waals surface area (Å²) in [5, 5.41) is 9.02. The third-order valence-electron chi connectivity index (χ3n) is 4.35. The van der Waals surface area contributed by atoms with E-state index in [0.29, 0.717) is 5.56 Å². The predicted octanol–water partition coefficient (Wildman–Crippen LogP) is 3.16. The number of fused-ring (bicyclic) bond motifs is 2. The summed E-state index contributed by atoms with van der Waals surface area (Å²) in [5.41, 5.74) is 7.32. The van der Waals surface area contributed by atoms with E-state index in [-0.39, 0.29) is 0 Å². The zero-order chi connectivity index (χ0) is 15.6. The lowest BCUT2D eigenvalue weighted by Gasteiger charge is -2.19. The molecule has 0 fully saturated rings. The molecule has 0 aliphatic carbocycles. The Labute approximate surface area is 139 Å². The maximum atomic E-state index is 9.02. The van der Waals surface area contributed by atoms with Gasteiger partial charge in [0.25, 0.3) is 0 Å². The van der Waals surface area contributed by atoms with Crippen molar-refractivity contribution in [3.05, 3.63) is 58.4 Å². The Morgan fingerprint density at radius 2 is 2.09 bits per heavy atom. The van der Waals surface area contributed by atoms with Gasteiger partial charge in [0.1, 0.15) is 6.07 Å². The molecule has 0 atom stereocenters. The van der Waals surface area contributed by atoms with Crippen LogP contribution < -0.4 is 0 Å². The molecule has 0 unspecified atom stereocenters. The zero-order valence-electron chi connectivity index (χ0n) is 12.7. The molecule has 0 bridgehead atoms. The topological polar surface area (TPSA) is 52.8 Å². The molecule has 4 nitrogen and oxygen atoms in total. The van der Waals surface area contributed by atoms with Crippen LogP contribution in [-0.4, -0.2) is 28.0 Å². The molecule has 23 heavy (non-hydrogen) atoms. The van der Waals surface area contributed by atoms with Crippen molar-refractivity contribution in [1.82, 2.24) is 14.9 Å². The van der Waals surface area contributed by atoms with Crippen LogP contribution in [-0.2, 0) is 19.4 Å². The lowest BCUT2D eigenvalue weighted by Crippen LogP contribution is -2.25. The smallest absolute Gasteiger partial charge is 0.101 e. The van der Waals surface area contributed by atoms with E-state index >= 15 is 0 Å². The minimum absolute atomic E-state index is 0.659. The second-order valence-corrected chi connectivity index (χ2v) is 6.76. The molecule has 0 amide bonds. The number of pyridine rings is 1. The van der Waals surface area contributed by atoms with E-state index in [9.17, 15) is 0 Å². The molecule has 114 valence electrons. The molecule has 3 aromatic rings. The quantitative estimate of drug-likeness (QED) is 0.728. The summed E-state index contributed by atoms with van der Waals surface area (Å²) in [6.45, 7) is 2.94. The fourth-order valence-corrected chi connectivity index (χ4v) is 3.77. The second-order valence-electron chi connectivity index (χ2n) is 5.87. The number of benzene rings is 1. The summed E-state index contributed by atoms with van der Waals surface area (Å²) in [6, 6.07) is 10.7. The van der Waals surface area contributed by atoms with Crippen LogP contribution in [0.2, 0.25) is 0 Å². The molecule has 4 rings (SSSR count). The summed E-state index contributed by atoms with van der Waals surface area (Å²) < 4.78 is 1.24. The molecule has 5 heteroatoms. The first-order chi connectivity index (χ1) is 11.3. The SMILES string of the molecule is N#Cc1cnc2c(c1)CCN(Cc1ccc3scnc3c1)CC2. The molecular weight excluding hydrogens is 304 g/mol. The molecule has 3 heterocycles. The fraction of sp³-hybridized carbons (Fsp3) is 0.278. The number of rotatable bonds is 2. The van der Waals surface area contributed by atoms with Gasteiger partial charge < -0.3 is 0 Å². The van der Waals surface area contributed by atoms with Crippen molar-refractivity contribution < 1.29 is 0 Å². The van der Waals surface area contributed by atoms with Crippen molar-refractivity contribution >= 4 is 21.6 Å². The van der Waals surface area contributed by atoms with E-state index in [1.165, 1.54) is 15.8 Å². The molecular formula is C18H16N4S. The first kappa shape index (κ1) is 14.3. The molecule has 1 aliphatic rings. The van der Waals surface area contributed by atoms with E-state index in [1.54, 1.807) is 17.5 Å². The van der Waals surface area contributed by atoms with E-state index in [4.69, 9.17) is 5.26 Å². The van der Waals surface area contributed by atoms with Crippen molar-refractivity contribution in [2.75, 3.05) is 13.1 Å². The van der Waals surface area contributed by atoms with Crippen molar-refractivity contribution in [3.8, 4) is 6.07 Å². The van der Waals surface area contributed by atoms with Gasteiger partial charge in [-0.25, -0.2) is 4.98 Å². The van der Waals surface area contributed by atoms with Crippen LogP contribution >= 0.6 is 11.3 Å². The Balaban J connectivity index is 1.50. The second kappa shape index (κ2) is 6.07. The highest BCUT2D eigenvalue weighted by Crippen LogP contribution is 2.21. The zero-order valence-corrected chi connectivity index (χ0v) is 13.5. The minimum Gasteiger partial charge on any atom is -0.298 e. The summed E-state index contributed by atoms with van der Waals surface area (Å²) in [6.07, 6.45) is 3.58. The largest absolute Gasteiger partial charge is 0.298 e. The number of nitrogens with zero attached hydrogens (tertiary/aromatic N) is 4. The Hall–Kier alpha value is -2.29. The normalized spacial score (nSPS) is 15.1. The number of aromatic nitrogens is 2. The van der Waals surface area contributed by atoms with Gasteiger partial charge in [-0.1, -0.05) is 6.07 Å². The average molecular weight is 320 g/mol. The van der Waals surface area contributed by atoms with E-state index in [0.717, 1.165) is 43.7 Å². The van der Waals surface area contributed by atoms with Gasteiger partial charge in [0.15, 0.2) is 0 Å². The fourth-order valence-electron chi connectivity index (χ4n) is 3.11. The number of hydrogen-bond acceptors (Lipinski definition) is 5. The molecule has 1 aliphatic heterocycles. The van der Waals surface area contributed by atoms with Crippen LogP contribution in [0.4, 0.5) is 0 Å². The van der Waals surface area contributed by atoms with Crippen molar-refractivity contribution in [3.63, 3.8) is 0 Å². The third kappa shape index (κ3) is 2.96. The van der Waals surface area contributed by atoms with Crippen molar-refractivity contribution in [2.24, 2.45) is 0 Å². The Morgan fingerprint density at radius 1 is 1.17 bits per heavy atom. The average Bonchev–Trinajstić information content (AvgIpc) is 2.96. The van der Waals surface area contributed by atoms with Crippen molar-refractivity contribution in [2.45, 2.75) is 19.4 Å². The van der Waals surface area contributed by atoms with Gasteiger partial charge in [-0.05, 0) is 35.7 Å². The van der Waals surface area contributed by atoms with Gasteiger partial charge in [-0.15, -0.1) is 11.3 Å². The monoisotopic (exact) mass is 320 g/mol. The lowest BCUT2D eigenvalue weighted by molar-refractivity contribution is 0.279. The number of hydrogen-bond donors (Lipinski definition) is 0. The number of nitriles is 1. The standard InChI is InChI=1S/C18H16N4S/c19-9-14-7-15-3-5-22(6-4-16(15)20-10-14)11-13-1-2-18-17(8-13)21-12-23-18/h1-2,7-8,10,12H,3-6,11H2. The first-order valence-corrected chi connectivity index (χ1v) is 8.62. The van der Waals surface area contributed by atoms with Crippen molar-refractivity contribution in [1.29, 1.82) is 5.26 Å². The molecule has 0 radical (unpaired) electrons. The molecule has 0 saturated heterocycles. The van der Waals surface area contributed by atoms with Gasteiger partial charge in [0, 0.05) is 37.9 Å². The highest BCUT2D eigenvalue weighted by atomic mass is 32.1. The van der Waals surface area contributed by atoms with Crippen LogP contribution in [0.5, 0.6) is 0 Å². The lowest BCUT2D eigenvalue weighted by atomic mass is 10.1. The Morgan fingerprint density at radius 3 is 3.00 bits per heavy atom. The summed E-state index contributed by atoms with van der Waals surface area (Å²) in [7, 11) is 0. The maximum Gasteiger partial charge on any atom is 0.101 e. The van der Waals surface area contributed by atoms with Crippen LogP contribution in [0.15, 0.2) is 36.0 Å². The Bertz CT molecular complexity index is 893. The summed E-state index contributed by atoms with van der Waals surface area (Å²) in [4.78, 5) is 11.3. The van der Waals surface area contributed by atoms with E-state index in [2.05, 4.69) is 39.1 Å². The third-order valence-corrected chi connectivity index (χ3v) is 5.16. The van der Waals surface area contributed by atoms with Crippen LogP contribution in [0.3, 0.4) is 0 Å². The molecule has 1 aromatic carbocycles. The van der Waals surface area contributed by atoms with E-state index in [1.807, 2.05) is 11.6 Å². The van der Waals surface area contributed by atoms with Gasteiger partial charge in [0.05, 0.1) is 21.3 Å². The van der Waals surface area contributed by atoms with Gasteiger partial charge in [0.2, 0.25) is 0 Å². The highest BCUT2D eigenvalue weighted by Gasteiger charge is 2.16. The van der Waals surface area contributed by atoms with Gasteiger partial charge in [-0.3, -0.25) is 9.88 Å². The van der Waals surface area contributed by atoms with Gasteiger partial charge in [-0.2, -0.15) is 5.26 Å². The first-order valence-electron chi connectivity index (χ1n) is 7.74. The molecule has 0 N–H and O–H groups in total. The van der Waals surface area contributed by atoms with Crippen LogP contribution in [0.25, 0.3) is 10.2 Å². The summed E-state index contributed by atoms with van der Waals surface area (Å²) in [5.74, 6) is 0. The molecule has 2 aromatic heterocycles. The highest BCUT2D eigenvalue weighted by molar-refractivity contribution is 7.16. The number of thiazole rings is 1. The summed E-state index contributed by atoms with van der Waals surface area (Å²) >= 11 is 1.68. The molecule has 0 saturated carbocycles. The maximum absolute atomic E-state index is 9.02. The van der Waals surface area contributed by atoms with Crippen LogP contribution in [0.1, 0.15) is 22.4 Å². The molecule has 0 spiro atoms. The minimum atomic E-state index is 0.659. The Kier molecular flexibility index (Phi) is 3.78. The van der Waals surface area contributed by atoms with Crippen LogP contribution in [0, 0.1) is 11.3 Å². The van der Waals surface area contributed by atoms with Gasteiger partial charge >= 0.3 is 0 Å². The predicted molar refractivity (Wildman–Crippen MR) is 91.3 cm³/mol. The van der Waals surface area contributed by atoms with E-state index < -0.39 is 0 Å².